The van der Waals surface area contributed by atoms with Crippen molar-refractivity contribution in [2.45, 2.75) is 32.9 Å². The minimum atomic E-state index is 0.283. The second-order valence-corrected chi connectivity index (χ2v) is 5.25. The average molecular weight is 250 g/mol. The highest BCUT2D eigenvalue weighted by atomic mass is 16.5. The van der Waals surface area contributed by atoms with Crippen LogP contribution in [0.2, 0.25) is 0 Å². The van der Waals surface area contributed by atoms with E-state index in [1.807, 2.05) is 18.2 Å². The summed E-state index contributed by atoms with van der Waals surface area (Å²) < 4.78 is 5.36. The largest absolute Gasteiger partial charge is 0.496 e. The predicted molar refractivity (Wildman–Crippen MR) is 76.8 cm³/mol. The molecule has 1 aromatic rings. The zero-order chi connectivity index (χ0) is 13.5. The van der Waals surface area contributed by atoms with Crippen molar-refractivity contribution >= 4 is 0 Å². The van der Waals surface area contributed by atoms with Gasteiger partial charge < -0.3 is 15.4 Å². The molecule has 0 bridgehead atoms. The summed E-state index contributed by atoms with van der Waals surface area (Å²) in [6.07, 6.45) is 1.03. The number of benzene rings is 1. The van der Waals surface area contributed by atoms with E-state index in [2.05, 4.69) is 31.9 Å². The third kappa shape index (κ3) is 4.67. The number of para-hydroxylation sites is 1. The van der Waals surface area contributed by atoms with Gasteiger partial charge in [0.15, 0.2) is 0 Å². The summed E-state index contributed by atoms with van der Waals surface area (Å²) in [5, 5.41) is 0. The van der Waals surface area contributed by atoms with E-state index in [1.165, 1.54) is 5.56 Å². The first-order valence-corrected chi connectivity index (χ1v) is 6.60. The molecule has 0 saturated heterocycles. The van der Waals surface area contributed by atoms with Gasteiger partial charge in [-0.3, -0.25) is 0 Å². The molecule has 0 spiro atoms. The molecule has 102 valence electrons. The van der Waals surface area contributed by atoms with Crippen molar-refractivity contribution in [1.29, 1.82) is 0 Å². The number of nitrogens with zero attached hydrogens (tertiary/aromatic N) is 1. The minimum absolute atomic E-state index is 0.283. The van der Waals surface area contributed by atoms with Crippen molar-refractivity contribution in [3.63, 3.8) is 0 Å². The fourth-order valence-corrected chi connectivity index (χ4v) is 1.91. The van der Waals surface area contributed by atoms with Crippen molar-refractivity contribution in [3.8, 4) is 5.75 Å². The van der Waals surface area contributed by atoms with Crippen LogP contribution in [0.3, 0.4) is 0 Å². The Morgan fingerprint density at radius 1 is 1.28 bits per heavy atom. The van der Waals surface area contributed by atoms with Gasteiger partial charge >= 0.3 is 0 Å². The lowest BCUT2D eigenvalue weighted by Gasteiger charge is -2.22. The molecule has 2 N–H and O–H groups in total. The van der Waals surface area contributed by atoms with E-state index in [0.29, 0.717) is 5.92 Å². The SMILES string of the molecule is COc1ccccc1CN(C)CCC(N)C(C)C. The van der Waals surface area contributed by atoms with Crippen molar-refractivity contribution in [2.75, 3.05) is 20.7 Å². The van der Waals surface area contributed by atoms with Gasteiger partial charge in [0.2, 0.25) is 0 Å². The number of rotatable bonds is 7. The average Bonchev–Trinajstić information content (AvgIpc) is 2.36. The maximum Gasteiger partial charge on any atom is 0.123 e. The molecule has 18 heavy (non-hydrogen) atoms. The molecule has 0 aromatic heterocycles. The van der Waals surface area contributed by atoms with Gasteiger partial charge in [0.05, 0.1) is 7.11 Å². The van der Waals surface area contributed by atoms with E-state index in [-0.39, 0.29) is 6.04 Å². The van der Waals surface area contributed by atoms with Crippen LogP contribution in [-0.4, -0.2) is 31.6 Å². The third-order valence-electron chi connectivity index (χ3n) is 3.33. The maximum atomic E-state index is 6.06. The molecule has 0 saturated carbocycles. The molecule has 1 rings (SSSR count). The van der Waals surface area contributed by atoms with Gasteiger partial charge in [-0.15, -0.1) is 0 Å². The highest BCUT2D eigenvalue weighted by Gasteiger charge is 2.10. The van der Waals surface area contributed by atoms with Crippen LogP contribution in [0, 0.1) is 5.92 Å². The summed E-state index contributed by atoms with van der Waals surface area (Å²) in [5.74, 6) is 1.50. The van der Waals surface area contributed by atoms with Crippen LogP contribution in [0.25, 0.3) is 0 Å². The number of methoxy groups -OCH3 is 1. The minimum Gasteiger partial charge on any atom is -0.496 e. The topological polar surface area (TPSA) is 38.5 Å². The quantitative estimate of drug-likeness (QED) is 0.808. The number of hydrogen-bond donors (Lipinski definition) is 1. The van der Waals surface area contributed by atoms with Crippen LogP contribution in [0.4, 0.5) is 0 Å². The lowest BCUT2D eigenvalue weighted by molar-refractivity contribution is 0.291. The van der Waals surface area contributed by atoms with Gasteiger partial charge in [-0.1, -0.05) is 32.0 Å². The van der Waals surface area contributed by atoms with Crippen molar-refractivity contribution in [3.05, 3.63) is 29.8 Å². The summed E-state index contributed by atoms with van der Waals surface area (Å²) in [5.41, 5.74) is 7.29. The number of hydrogen-bond acceptors (Lipinski definition) is 3. The van der Waals surface area contributed by atoms with Gasteiger partial charge in [-0.25, -0.2) is 0 Å². The fraction of sp³-hybridized carbons (Fsp3) is 0.600. The first-order valence-electron chi connectivity index (χ1n) is 6.60. The van der Waals surface area contributed by atoms with Gasteiger partial charge in [-0.05, 0) is 32.0 Å². The molecule has 1 unspecified atom stereocenters. The van der Waals surface area contributed by atoms with Crippen LogP contribution >= 0.6 is 0 Å². The Morgan fingerprint density at radius 2 is 1.94 bits per heavy atom. The summed E-state index contributed by atoms with van der Waals surface area (Å²) >= 11 is 0. The Morgan fingerprint density at radius 3 is 2.56 bits per heavy atom. The molecule has 1 aromatic carbocycles. The monoisotopic (exact) mass is 250 g/mol. The molecule has 0 radical (unpaired) electrons. The predicted octanol–water partition coefficient (Wildman–Crippen LogP) is 2.50. The Balaban J connectivity index is 2.46. The molecule has 3 nitrogen and oxygen atoms in total. The molecule has 1 atom stereocenters. The fourth-order valence-electron chi connectivity index (χ4n) is 1.91. The number of ether oxygens (including phenoxy) is 1. The molecular weight excluding hydrogens is 224 g/mol. The van der Waals surface area contributed by atoms with Crippen LogP contribution in [0.5, 0.6) is 5.75 Å². The number of nitrogens with two attached hydrogens (primary N) is 1. The molecule has 3 heteroatoms. The zero-order valence-electron chi connectivity index (χ0n) is 12.0. The second-order valence-electron chi connectivity index (χ2n) is 5.25. The molecule has 0 amide bonds. The van der Waals surface area contributed by atoms with E-state index < -0.39 is 0 Å². The van der Waals surface area contributed by atoms with Gasteiger partial charge in [0.1, 0.15) is 5.75 Å². The van der Waals surface area contributed by atoms with Crippen LogP contribution in [-0.2, 0) is 6.54 Å². The summed E-state index contributed by atoms with van der Waals surface area (Å²) in [4.78, 5) is 2.29. The molecule has 0 aliphatic heterocycles. The van der Waals surface area contributed by atoms with Crippen molar-refractivity contribution in [2.24, 2.45) is 11.7 Å². The van der Waals surface area contributed by atoms with E-state index in [0.717, 1.165) is 25.3 Å². The highest BCUT2D eigenvalue weighted by molar-refractivity contribution is 5.32. The molecule has 0 aliphatic carbocycles. The molecule has 0 heterocycles. The Bertz CT molecular complexity index is 352. The summed E-state index contributed by atoms with van der Waals surface area (Å²) in [6, 6.07) is 8.44. The van der Waals surface area contributed by atoms with E-state index in [4.69, 9.17) is 10.5 Å². The summed E-state index contributed by atoms with van der Waals surface area (Å²) in [6.45, 7) is 6.25. The first kappa shape index (κ1) is 15.0. The lowest BCUT2D eigenvalue weighted by Crippen LogP contribution is -2.31. The van der Waals surface area contributed by atoms with Crippen LogP contribution < -0.4 is 10.5 Å². The highest BCUT2D eigenvalue weighted by Crippen LogP contribution is 2.18. The maximum absolute atomic E-state index is 6.06. The molecular formula is C15H26N2O. The molecule has 0 fully saturated rings. The summed E-state index contributed by atoms with van der Waals surface area (Å²) in [7, 11) is 3.84. The van der Waals surface area contributed by atoms with Gasteiger partial charge in [0.25, 0.3) is 0 Å². The van der Waals surface area contributed by atoms with E-state index in [1.54, 1.807) is 7.11 Å². The van der Waals surface area contributed by atoms with Gasteiger partial charge in [-0.2, -0.15) is 0 Å². The Hall–Kier alpha value is -1.06. The molecule has 0 aliphatic rings. The standard InChI is InChI=1S/C15H26N2O/c1-12(2)14(16)9-10-17(3)11-13-7-5-6-8-15(13)18-4/h5-8,12,14H,9-11,16H2,1-4H3. The first-order chi connectivity index (χ1) is 8.54. The zero-order valence-corrected chi connectivity index (χ0v) is 12.0. The van der Waals surface area contributed by atoms with Crippen molar-refractivity contribution < 1.29 is 4.74 Å². The van der Waals surface area contributed by atoms with Crippen molar-refractivity contribution in [1.82, 2.24) is 4.90 Å². The normalized spacial score (nSPS) is 13.1. The van der Waals surface area contributed by atoms with Gasteiger partial charge in [0, 0.05) is 18.2 Å². The smallest absolute Gasteiger partial charge is 0.123 e. The lowest BCUT2D eigenvalue weighted by atomic mass is 10.0. The Labute approximate surface area is 111 Å². The van der Waals surface area contributed by atoms with E-state index >= 15 is 0 Å². The Kier molecular flexibility index (Phi) is 6.16. The van der Waals surface area contributed by atoms with Crippen LogP contribution in [0.15, 0.2) is 24.3 Å². The van der Waals surface area contributed by atoms with E-state index in [9.17, 15) is 0 Å². The second kappa shape index (κ2) is 7.39. The van der Waals surface area contributed by atoms with Crippen LogP contribution in [0.1, 0.15) is 25.8 Å². The third-order valence-corrected chi connectivity index (χ3v) is 3.33.